The van der Waals surface area contributed by atoms with Gasteiger partial charge in [0.05, 0.1) is 12.8 Å². The van der Waals surface area contributed by atoms with Crippen molar-refractivity contribution in [1.82, 2.24) is 0 Å². The first-order valence-electron chi connectivity index (χ1n) is 10.4. The highest BCUT2D eigenvalue weighted by Crippen LogP contribution is 2.36. The number of benzene rings is 4. The molecule has 0 aromatic heterocycles. The largest absolute Gasteiger partial charge is 0.493 e. The Kier molecular flexibility index (Phi) is 7.58. The van der Waals surface area contributed by atoms with Crippen molar-refractivity contribution < 1.29 is 19.0 Å². The highest BCUT2D eigenvalue weighted by Gasteiger charge is 2.14. The quantitative estimate of drug-likeness (QED) is 0.274. The van der Waals surface area contributed by atoms with E-state index in [1.807, 2.05) is 30.3 Å². The van der Waals surface area contributed by atoms with Crippen molar-refractivity contribution in [2.75, 3.05) is 12.4 Å². The van der Waals surface area contributed by atoms with Crippen molar-refractivity contribution in [2.45, 2.75) is 6.61 Å². The van der Waals surface area contributed by atoms with E-state index in [2.05, 4.69) is 5.32 Å². The summed E-state index contributed by atoms with van der Waals surface area (Å²) in [6, 6.07) is 26.6. The van der Waals surface area contributed by atoms with Crippen LogP contribution in [0.4, 0.5) is 5.69 Å². The molecule has 0 saturated carbocycles. The maximum atomic E-state index is 13.0. The van der Waals surface area contributed by atoms with E-state index >= 15 is 0 Å². The third-order valence-electron chi connectivity index (χ3n) is 4.93. The Labute approximate surface area is 207 Å². The number of methoxy groups -OCH3 is 1. The third-order valence-corrected chi connectivity index (χ3v) is 5.53. The highest BCUT2D eigenvalue weighted by atomic mass is 35.5. The van der Waals surface area contributed by atoms with Crippen LogP contribution in [-0.2, 0) is 6.61 Å². The fourth-order valence-electron chi connectivity index (χ4n) is 3.21. The number of amides is 1. The summed E-state index contributed by atoms with van der Waals surface area (Å²) >= 11 is 12.4. The van der Waals surface area contributed by atoms with Crippen molar-refractivity contribution in [1.29, 1.82) is 0 Å². The molecule has 0 saturated heterocycles. The summed E-state index contributed by atoms with van der Waals surface area (Å²) in [6.07, 6.45) is 0. The van der Waals surface area contributed by atoms with Gasteiger partial charge in [0.15, 0.2) is 17.2 Å². The molecule has 0 aliphatic heterocycles. The van der Waals surface area contributed by atoms with Gasteiger partial charge in [-0.2, -0.15) is 0 Å². The van der Waals surface area contributed by atoms with Gasteiger partial charge in [0.25, 0.3) is 5.91 Å². The fraction of sp³-hybridized carbons (Fsp3) is 0.0741. The van der Waals surface area contributed by atoms with E-state index in [1.165, 1.54) is 0 Å². The molecular formula is C27H21Cl2NO4. The van der Waals surface area contributed by atoms with Crippen molar-refractivity contribution in [2.24, 2.45) is 0 Å². The Morgan fingerprint density at radius 3 is 2.38 bits per heavy atom. The van der Waals surface area contributed by atoms with E-state index in [-0.39, 0.29) is 12.5 Å². The number of para-hydroxylation sites is 2. The molecular weight excluding hydrogens is 473 g/mol. The maximum absolute atomic E-state index is 13.0. The van der Waals surface area contributed by atoms with Crippen molar-refractivity contribution in [3.63, 3.8) is 0 Å². The fourth-order valence-corrected chi connectivity index (χ4v) is 3.57. The lowest BCUT2D eigenvalue weighted by atomic mass is 10.2. The molecule has 0 bridgehead atoms. The zero-order valence-corrected chi connectivity index (χ0v) is 19.8. The van der Waals surface area contributed by atoms with Gasteiger partial charge in [-0.15, -0.1) is 0 Å². The molecule has 0 aliphatic rings. The van der Waals surface area contributed by atoms with Crippen LogP contribution in [0.5, 0.6) is 23.0 Å². The molecule has 1 N–H and O–H groups in total. The molecule has 172 valence electrons. The number of carbonyl (C=O) groups is 1. The summed E-state index contributed by atoms with van der Waals surface area (Å²) in [5.41, 5.74) is 1.70. The van der Waals surface area contributed by atoms with Crippen LogP contribution in [0.25, 0.3) is 0 Å². The van der Waals surface area contributed by atoms with E-state index < -0.39 is 0 Å². The predicted octanol–water partition coefficient (Wildman–Crippen LogP) is 7.63. The highest BCUT2D eigenvalue weighted by molar-refractivity contribution is 6.31. The van der Waals surface area contributed by atoms with Gasteiger partial charge in [-0.1, -0.05) is 59.6 Å². The molecule has 34 heavy (non-hydrogen) atoms. The van der Waals surface area contributed by atoms with Crippen LogP contribution in [0.3, 0.4) is 0 Å². The second-order valence-electron chi connectivity index (χ2n) is 7.26. The van der Waals surface area contributed by atoms with Gasteiger partial charge in [0, 0.05) is 21.2 Å². The number of rotatable bonds is 8. The average molecular weight is 494 g/mol. The van der Waals surface area contributed by atoms with E-state index in [4.69, 9.17) is 37.4 Å². The topological polar surface area (TPSA) is 56.8 Å². The minimum atomic E-state index is -0.338. The van der Waals surface area contributed by atoms with Crippen LogP contribution in [0.2, 0.25) is 10.0 Å². The van der Waals surface area contributed by atoms with E-state index in [0.717, 1.165) is 5.56 Å². The Hall–Kier alpha value is -3.67. The SMILES string of the molecule is COc1ccccc1Oc1ccc(Cl)cc1NC(=O)c1cccc(OCc2ccccc2Cl)c1. The van der Waals surface area contributed by atoms with Gasteiger partial charge in [0.1, 0.15) is 12.4 Å². The monoisotopic (exact) mass is 493 g/mol. The minimum absolute atomic E-state index is 0.288. The van der Waals surface area contributed by atoms with Crippen molar-refractivity contribution in [3.8, 4) is 23.0 Å². The van der Waals surface area contributed by atoms with Crippen LogP contribution >= 0.6 is 23.2 Å². The Bertz CT molecular complexity index is 1310. The van der Waals surface area contributed by atoms with Crippen LogP contribution < -0.4 is 19.5 Å². The third kappa shape index (κ3) is 5.81. The molecule has 0 atom stereocenters. The molecule has 4 aromatic rings. The number of hydrogen-bond donors (Lipinski definition) is 1. The first-order valence-corrected chi connectivity index (χ1v) is 11.2. The van der Waals surface area contributed by atoms with Crippen LogP contribution in [0.15, 0.2) is 91.0 Å². The number of halogens is 2. The Morgan fingerprint density at radius 1 is 0.824 bits per heavy atom. The summed E-state index contributed by atoms with van der Waals surface area (Å²) in [5.74, 6) is 1.71. The maximum Gasteiger partial charge on any atom is 0.255 e. The van der Waals surface area contributed by atoms with Crippen molar-refractivity contribution >= 4 is 34.8 Å². The van der Waals surface area contributed by atoms with Gasteiger partial charge in [-0.05, 0) is 54.6 Å². The molecule has 5 nitrogen and oxygen atoms in total. The van der Waals surface area contributed by atoms with Gasteiger partial charge in [-0.3, -0.25) is 4.79 Å². The summed E-state index contributed by atoms with van der Waals surface area (Å²) in [7, 11) is 1.56. The summed E-state index contributed by atoms with van der Waals surface area (Å²) < 4.78 is 17.2. The summed E-state index contributed by atoms with van der Waals surface area (Å²) in [4.78, 5) is 13.0. The number of hydrogen-bond acceptors (Lipinski definition) is 4. The number of anilines is 1. The second-order valence-corrected chi connectivity index (χ2v) is 8.10. The van der Waals surface area contributed by atoms with Crippen molar-refractivity contribution in [3.05, 3.63) is 112 Å². The predicted molar refractivity (Wildman–Crippen MR) is 135 cm³/mol. The minimum Gasteiger partial charge on any atom is -0.493 e. The molecule has 4 aromatic carbocycles. The molecule has 0 spiro atoms. The van der Waals surface area contributed by atoms with Crippen LogP contribution in [0, 0.1) is 0 Å². The molecule has 0 unspecified atom stereocenters. The number of ether oxygens (including phenoxy) is 3. The Morgan fingerprint density at radius 2 is 1.59 bits per heavy atom. The number of nitrogens with one attached hydrogen (secondary N) is 1. The van der Waals surface area contributed by atoms with E-state index in [0.29, 0.717) is 44.3 Å². The van der Waals surface area contributed by atoms with Crippen LogP contribution in [0.1, 0.15) is 15.9 Å². The molecule has 0 heterocycles. The van der Waals surface area contributed by atoms with Gasteiger partial charge < -0.3 is 19.5 Å². The van der Waals surface area contributed by atoms with E-state index in [1.54, 1.807) is 67.8 Å². The molecule has 0 radical (unpaired) electrons. The molecule has 0 aliphatic carbocycles. The zero-order valence-electron chi connectivity index (χ0n) is 18.3. The molecule has 7 heteroatoms. The normalized spacial score (nSPS) is 10.4. The Balaban J connectivity index is 1.51. The lowest BCUT2D eigenvalue weighted by Crippen LogP contribution is -2.13. The van der Waals surface area contributed by atoms with E-state index in [9.17, 15) is 4.79 Å². The first-order chi connectivity index (χ1) is 16.5. The van der Waals surface area contributed by atoms with Crippen LogP contribution in [-0.4, -0.2) is 13.0 Å². The van der Waals surface area contributed by atoms with Gasteiger partial charge in [0.2, 0.25) is 0 Å². The summed E-state index contributed by atoms with van der Waals surface area (Å²) in [5, 5.41) is 3.95. The van der Waals surface area contributed by atoms with Gasteiger partial charge >= 0.3 is 0 Å². The summed E-state index contributed by atoms with van der Waals surface area (Å²) in [6.45, 7) is 0.288. The standard InChI is InChI=1S/C27H21Cl2NO4/c1-32-25-11-4-5-12-26(25)34-24-14-13-20(28)16-23(24)30-27(31)18-8-6-9-21(15-18)33-17-19-7-2-3-10-22(19)29/h2-16H,17H2,1H3,(H,30,31). The number of carbonyl (C=O) groups excluding carboxylic acids is 1. The smallest absolute Gasteiger partial charge is 0.255 e. The zero-order chi connectivity index (χ0) is 23.9. The van der Waals surface area contributed by atoms with Gasteiger partial charge in [-0.25, -0.2) is 0 Å². The molecule has 1 amide bonds. The second kappa shape index (κ2) is 11.0. The lowest BCUT2D eigenvalue weighted by Gasteiger charge is -2.15. The first kappa shape index (κ1) is 23.5. The lowest BCUT2D eigenvalue weighted by molar-refractivity contribution is 0.102. The average Bonchev–Trinajstić information content (AvgIpc) is 2.85. The molecule has 0 fully saturated rings. The molecule has 4 rings (SSSR count).